The molecule has 8 aliphatic rings. The Morgan fingerprint density at radius 1 is 0.481 bits per heavy atom. The molecule has 1 aromatic carbocycles. The van der Waals surface area contributed by atoms with Crippen LogP contribution in [0, 0.1) is 25.2 Å². The highest BCUT2D eigenvalue weighted by molar-refractivity contribution is 7.17. The standard InChI is InChI=1S/C23H26ClF2N5OS.C22H21ClF2N6OS.C21H20ClF2N7OS.C21H19ClF2N6OS/c1-13-6-14(2)27-16(7-13)4-5-31-11-19(29-30-31)18-10-22(9-15(3)28-18)21-17(8-20(24)33-21)23(25,26)12-32-22;1-12-7-21(20-14(6-19(23)33-20)22(24,25)11-32-21)8-16(26-12)18-10-31(30-29-18)9-17-13-4-2-3-5-15(13)27-28-17;1-11-5-20(18-13(4-17(22)33-18)21(23,24)9-32-20)6-14(28-11)16-8-31(30-29-16)7-15-12-2-3-25-19(12)27-10-26-15;1-12-5-20(19-15(4-18(22)32-19)21(23,24)11-31-20)6-16(27-12)17-10-30(29-28-17)9-13-2-3-14(7-25)26-8-13/h6-8,11,15,18,28H,4-5,9-10,12H2,1-3H3;2-6,10,12,16,26H,7-9,11H2,1H3,(H,27,28);2-4,8,10-11,14,28H,5-7,9H2,1H3,(H,25,26,27);2-4,8,10,12,16,27H,5-6,9,11H2,1H3/t15-,18-,22-;12-,16-,21-;11-,14-,20-;12-,16-,20-/m0000/s1. The summed E-state index contributed by atoms with van der Waals surface area (Å²) in [7, 11) is 0. The van der Waals surface area contributed by atoms with Crippen LogP contribution in [-0.2, 0) is 97.6 Å². The number of fused-ring (bicyclic) bond motifs is 10. The fraction of sp³-hybridized carbons (Fsp3) is 0.448. The van der Waals surface area contributed by atoms with Crippen LogP contribution in [0.1, 0.15) is 207 Å². The van der Waals surface area contributed by atoms with Crippen LogP contribution in [0.3, 0.4) is 0 Å². The van der Waals surface area contributed by atoms with E-state index in [-0.39, 0.29) is 70.6 Å². The average molecular weight is 1950 g/mol. The highest BCUT2D eigenvalue weighted by atomic mass is 35.5. The summed E-state index contributed by atoms with van der Waals surface area (Å²) in [5.74, 6) is -12.2. The predicted octanol–water partition coefficient (Wildman–Crippen LogP) is 18.1. The number of rotatable bonds is 13. The molecule has 686 valence electrons. The first-order valence-corrected chi connectivity index (χ1v) is 47.3. The Labute approximate surface area is 780 Å². The number of pyridine rings is 2. The first-order chi connectivity index (χ1) is 62.6. The minimum absolute atomic E-state index is 0.00111. The molecule has 12 atom stereocenters. The zero-order chi connectivity index (χ0) is 91.5. The number of aromatic nitrogens is 19. The van der Waals surface area contributed by atoms with Crippen LogP contribution in [0.5, 0.6) is 0 Å². The van der Waals surface area contributed by atoms with Gasteiger partial charge in [-0.25, -0.2) is 29.0 Å². The number of alkyl halides is 8. The fourth-order valence-electron chi connectivity index (χ4n) is 19.6. The van der Waals surface area contributed by atoms with Gasteiger partial charge in [-0.05, 0) is 133 Å². The molecule has 6 N–H and O–H groups in total. The van der Waals surface area contributed by atoms with Crippen molar-refractivity contribution in [1.82, 2.24) is 116 Å². The summed E-state index contributed by atoms with van der Waals surface area (Å²) < 4.78 is 148. The van der Waals surface area contributed by atoms with E-state index in [2.05, 4.69) is 117 Å². The molecular formula is C87H86Cl4F8N24O4S4. The van der Waals surface area contributed by atoms with Gasteiger partial charge in [0.25, 0.3) is 23.7 Å². The van der Waals surface area contributed by atoms with Crippen molar-refractivity contribution in [2.75, 3.05) is 26.4 Å². The van der Waals surface area contributed by atoms with Crippen molar-refractivity contribution in [1.29, 1.82) is 5.26 Å². The summed E-state index contributed by atoms with van der Waals surface area (Å²) in [5.41, 5.74) is 7.49. The molecule has 131 heavy (non-hydrogen) atoms. The largest absolute Gasteiger partial charge is 0.363 e. The molecule has 28 nitrogen and oxygen atoms in total. The van der Waals surface area contributed by atoms with Crippen molar-refractivity contribution in [3.63, 3.8) is 0 Å². The van der Waals surface area contributed by atoms with Gasteiger partial charge in [0.1, 0.15) is 72.6 Å². The maximum Gasteiger partial charge on any atom is 0.297 e. The van der Waals surface area contributed by atoms with E-state index in [1.54, 1.807) is 26.3 Å². The van der Waals surface area contributed by atoms with Gasteiger partial charge < -0.3 is 45.2 Å². The van der Waals surface area contributed by atoms with Crippen molar-refractivity contribution in [2.45, 2.75) is 220 Å². The Kier molecular flexibility index (Phi) is 24.6. The Balaban J connectivity index is 0.000000113. The number of halogens is 12. The van der Waals surface area contributed by atoms with Crippen molar-refractivity contribution >= 4 is 114 Å². The van der Waals surface area contributed by atoms with E-state index in [9.17, 15) is 35.1 Å². The molecule has 4 fully saturated rings. The van der Waals surface area contributed by atoms with E-state index in [1.807, 2.05) is 113 Å². The molecule has 0 radical (unpaired) electrons. The van der Waals surface area contributed by atoms with Gasteiger partial charge in [-0.2, -0.15) is 45.5 Å². The quantitative estimate of drug-likeness (QED) is 0.0584. The second-order valence-corrected chi connectivity index (χ2v) is 41.9. The molecule has 21 heterocycles. The zero-order valence-corrected chi connectivity index (χ0v) is 77.3. The summed E-state index contributed by atoms with van der Waals surface area (Å²) >= 11 is 29.3. The number of H-pyrrole nitrogens is 2. The third kappa shape index (κ3) is 18.5. The van der Waals surface area contributed by atoms with Crippen LogP contribution >= 0.6 is 91.8 Å². The molecule has 0 amide bonds. The van der Waals surface area contributed by atoms with E-state index in [0.717, 1.165) is 73.8 Å². The monoisotopic (exact) mass is 1950 g/mol. The lowest BCUT2D eigenvalue weighted by Gasteiger charge is -2.47. The van der Waals surface area contributed by atoms with Crippen molar-refractivity contribution in [3.05, 3.63) is 244 Å². The summed E-state index contributed by atoms with van der Waals surface area (Å²) in [6, 6.07) is 24.3. The number of ether oxygens (including phenoxy) is 4. The molecule has 0 bridgehead atoms. The number of nitrogens with one attached hydrogen (secondary N) is 6. The van der Waals surface area contributed by atoms with Crippen LogP contribution in [0.15, 0.2) is 122 Å². The number of nitriles is 1. The molecule has 4 saturated heterocycles. The van der Waals surface area contributed by atoms with Gasteiger partial charge in [-0.15, -0.1) is 65.7 Å². The van der Waals surface area contributed by atoms with Crippen molar-refractivity contribution < 1.29 is 54.1 Å². The maximum absolute atomic E-state index is 14.5. The smallest absolute Gasteiger partial charge is 0.297 e. The van der Waals surface area contributed by atoms with Gasteiger partial charge in [0, 0.05) is 139 Å². The number of aryl methyl sites for hydroxylation is 4. The predicted molar refractivity (Wildman–Crippen MR) is 475 cm³/mol. The van der Waals surface area contributed by atoms with Gasteiger partial charge in [-0.3, -0.25) is 14.8 Å². The Morgan fingerprint density at radius 3 is 1.33 bits per heavy atom. The molecular weight excluding hydrogens is 1870 g/mol. The number of nitrogens with zero attached hydrogens (tertiary/aromatic N) is 18. The summed E-state index contributed by atoms with van der Waals surface area (Å²) in [6.07, 6.45) is 17.4. The van der Waals surface area contributed by atoms with Crippen LogP contribution in [0.2, 0.25) is 17.3 Å². The number of thiophene rings is 4. The first-order valence-electron chi connectivity index (χ1n) is 42.5. The first kappa shape index (κ1) is 90.9. The van der Waals surface area contributed by atoms with Crippen molar-refractivity contribution in [2.24, 2.45) is 0 Å². The minimum Gasteiger partial charge on any atom is -0.363 e. The highest BCUT2D eigenvalue weighted by Gasteiger charge is 2.59. The Hall–Kier alpha value is -9.26. The summed E-state index contributed by atoms with van der Waals surface area (Å²) in [5, 5.41) is 66.9. The van der Waals surface area contributed by atoms with Gasteiger partial charge in [0.15, 0.2) is 0 Å². The molecule has 0 saturated carbocycles. The van der Waals surface area contributed by atoms with E-state index >= 15 is 0 Å². The van der Waals surface area contributed by atoms with Crippen LogP contribution in [0.4, 0.5) is 35.1 Å². The zero-order valence-electron chi connectivity index (χ0n) is 71.0. The van der Waals surface area contributed by atoms with Gasteiger partial charge in [0.2, 0.25) is 0 Å². The van der Waals surface area contributed by atoms with Crippen LogP contribution in [0.25, 0.3) is 21.9 Å². The van der Waals surface area contributed by atoms with Crippen molar-refractivity contribution in [3.8, 4) is 6.07 Å². The number of aromatic amines is 2. The van der Waals surface area contributed by atoms with Crippen LogP contribution in [-0.4, -0.2) is 146 Å². The number of piperidine rings is 4. The maximum atomic E-state index is 14.5. The summed E-state index contributed by atoms with van der Waals surface area (Å²) in [4.78, 5) is 22.4. The normalized spacial score (nSPS) is 26.6. The number of para-hydroxylation sites is 1. The molecule has 22 rings (SSSR count). The second kappa shape index (κ2) is 35.5. The SMILES string of the molecule is C[C@H]1C[C@@]2(C[C@@H](c3cn(Cc4[nH]nc5ccccc45)nn3)N1)OCC(F)(F)c1cc(Cl)sc12.C[C@H]1C[C@@]2(C[C@@H](c3cn(Cc4ccc(C#N)nc4)nn3)N1)OCC(F)(F)c1cc(Cl)sc12.C[C@H]1C[C@@]2(C[C@@H](c3cn(Cc4ncnc5[nH]ccc45)nn3)N1)OCC(F)(F)c1cc(Cl)sc12.Cc1cc(C)nc(CCn2cc([C@@H]3C[C@]4(C[C@H](C)N3)OCC(F)(F)c3cc(Cl)sc34)nn2)c1. The second-order valence-electron chi connectivity index (χ2n) is 35.1. The minimum atomic E-state index is -3.05. The van der Waals surface area contributed by atoms with E-state index in [4.69, 9.17) is 70.6 Å². The van der Waals surface area contributed by atoms with Gasteiger partial charge in [-0.1, -0.05) is 91.5 Å². The topological polar surface area (TPSA) is 328 Å². The Bertz CT molecular complexity index is 6560. The number of hydrogen-bond acceptors (Lipinski definition) is 26. The van der Waals surface area contributed by atoms with E-state index in [1.165, 1.54) is 81.5 Å². The van der Waals surface area contributed by atoms with E-state index < -0.39 is 72.5 Å². The Morgan fingerprint density at radius 2 is 0.901 bits per heavy atom. The third-order valence-corrected chi connectivity index (χ3v) is 30.9. The lowest BCUT2D eigenvalue weighted by molar-refractivity contribution is -0.183. The molecule has 4 spiro atoms. The molecule has 0 unspecified atom stereocenters. The highest BCUT2D eigenvalue weighted by Crippen LogP contribution is 2.60. The van der Waals surface area contributed by atoms with Crippen LogP contribution < -0.4 is 21.3 Å². The lowest BCUT2D eigenvalue weighted by Crippen LogP contribution is -2.51. The number of hydrogen-bond donors (Lipinski definition) is 6. The molecule has 0 aliphatic carbocycles. The van der Waals surface area contributed by atoms with Gasteiger partial charge >= 0.3 is 0 Å². The molecule has 8 aliphatic heterocycles. The van der Waals surface area contributed by atoms with Gasteiger partial charge in [0.05, 0.1) is 126 Å². The molecule has 14 aromatic rings. The fourth-order valence-corrected chi connectivity index (χ4v) is 25.4. The molecule has 13 aromatic heterocycles. The third-order valence-electron chi connectivity index (χ3n) is 25.1. The lowest BCUT2D eigenvalue weighted by atomic mass is 9.78. The van der Waals surface area contributed by atoms with E-state index in [0.29, 0.717) is 126 Å². The average Bonchev–Trinajstić information content (AvgIpc) is 1.44. The number of benzene rings is 1. The molecule has 44 heteroatoms. The summed E-state index contributed by atoms with van der Waals surface area (Å²) in [6.45, 7) is 11.6.